The molecule has 2 fully saturated rings. The van der Waals surface area contributed by atoms with E-state index in [-0.39, 0.29) is 0 Å². The lowest BCUT2D eigenvalue weighted by atomic mass is 9.80. The van der Waals surface area contributed by atoms with Gasteiger partial charge in [-0.15, -0.1) is 0 Å². The lowest BCUT2D eigenvalue weighted by Crippen LogP contribution is -2.57. The van der Waals surface area contributed by atoms with E-state index in [1.165, 1.54) is 51.6 Å². The van der Waals surface area contributed by atoms with Crippen LogP contribution in [0.5, 0.6) is 0 Å². The average Bonchev–Trinajstić information content (AvgIpc) is 2.18. The van der Waals surface area contributed by atoms with E-state index in [0.717, 1.165) is 6.61 Å². The van der Waals surface area contributed by atoms with Gasteiger partial charge in [-0.25, -0.2) is 0 Å². The van der Waals surface area contributed by atoms with Crippen LogP contribution in [0.25, 0.3) is 0 Å². The molecule has 0 aromatic rings. The molecule has 0 saturated carbocycles. The summed E-state index contributed by atoms with van der Waals surface area (Å²) in [4.78, 5) is 2.68. The molecule has 2 saturated heterocycles. The van der Waals surface area contributed by atoms with Crippen molar-refractivity contribution in [1.29, 1.82) is 0 Å². The fraction of sp³-hybridized carbons (Fsp3) is 1.00. The van der Waals surface area contributed by atoms with Gasteiger partial charge in [0.15, 0.2) is 0 Å². The first kappa shape index (κ1) is 9.47. The third kappa shape index (κ3) is 1.75. The summed E-state index contributed by atoms with van der Waals surface area (Å²) in [5.74, 6) is 0. The Bertz CT molecular complexity index is 152. The largest absolute Gasteiger partial charge is 0.383 e. The van der Waals surface area contributed by atoms with Gasteiger partial charge in [-0.2, -0.15) is 0 Å². The van der Waals surface area contributed by atoms with Gasteiger partial charge in [0.2, 0.25) is 0 Å². The smallest absolute Gasteiger partial charge is 0.0646 e. The van der Waals surface area contributed by atoms with Gasteiger partial charge in [0.25, 0.3) is 0 Å². The van der Waals surface area contributed by atoms with Gasteiger partial charge >= 0.3 is 0 Å². The van der Waals surface area contributed by atoms with Crippen molar-refractivity contribution in [2.24, 2.45) is 0 Å². The highest BCUT2D eigenvalue weighted by atomic mass is 16.5. The minimum absolute atomic E-state index is 0.436. The zero-order valence-corrected chi connectivity index (χ0v) is 8.72. The monoisotopic (exact) mass is 183 g/mol. The number of hydrogen-bond donors (Lipinski definition) is 0. The first-order valence-electron chi connectivity index (χ1n) is 5.61. The van der Waals surface area contributed by atoms with E-state index in [2.05, 4.69) is 4.90 Å². The molecule has 0 spiro atoms. The van der Waals surface area contributed by atoms with Gasteiger partial charge in [-0.05, 0) is 38.8 Å². The fourth-order valence-electron chi connectivity index (χ4n) is 3.05. The standard InChI is InChI=1S/C11H21NO/c1-13-10-11-6-2-4-8-12(11)9-5-3-7-11/h2-10H2,1H3. The quantitative estimate of drug-likeness (QED) is 0.649. The number of nitrogens with zero attached hydrogens (tertiary/aromatic N) is 1. The maximum Gasteiger partial charge on any atom is 0.0646 e. The van der Waals surface area contributed by atoms with E-state index < -0.39 is 0 Å². The number of piperidine rings is 2. The Kier molecular flexibility index (Phi) is 2.89. The fourth-order valence-corrected chi connectivity index (χ4v) is 3.05. The first-order chi connectivity index (χ1) is 6.37. The molecular weight excluding hydrogens is 162 g/mol. The zero-order valence-electron chi connectivity index (χ0n) is 8.72. The zero-order chi connectivity index (χ0) is 9.15. The molecule has 0 aromatic heterocycles. The summed E-state index contributed by atoms with van der Waals surface area (Å²) in [7, 11) is 1.84. The Morgan fingerprint density at radius 3 is 2.23 bits per heavy atom. The highest BCUT2D eigenvalue weighted by molar-refractivity contribution is 4.96. The predicted octanol–water partition coefficient (Wildman–Crippen LogP) is 2.04. The van der Waals surface area contributed by atoms with Crippen LogP contribution in [0.2, 0.25) is 0 Å². The highest BCUT2D eigenvalue weighted by Crippen LogP contribution is 2.36. The van der Waals surface area contributed by atoms with Crippen molar-refractivity contribution in [2.75, 3.05) is 26.8 Å². The summed E-state index contributed by atoms with van der Waals surface area (Å²) in [5, 5.41) is 0. The lowest BCUT2D eigenvalue weighted by molar-refractivity contribution is -0.0412. The van der Waals surface area contributed by atoms with Crippen LogP contribution in [0.1, 0.15) is 38.5 Å². The van der Waals surface area contributed by atoms with E-state index in [1.54, 1.807) is 0 Å². The maximum atomic E-state index is 5.40. The Balaban J connectivity index is 2.06. The Morgan fingerprint density at radius 1 is 1.08 bits per heavy atom. The topological polar surface area (TPSA) is 12.5 Å². The summed E-state index contributed by atoms with van der Waals surface area (Å²) in [6.07, 6.45) is 8.32. The van der Waals surface area contributed by atoms with Crippen molar-refractivity contribution in [3.8, 4) is 0 Å². The van der Waals surface area contributed by atoms with Gasteiger partial charge in [0, 0.05) is 12.6 Å². The van der Waals surface area contributed by atoms with E-state index in [9.17, 15) is 0 Å². The van der Waals surface area contributed by atoms with Crippen LogP contribution in [-0.4, -0.2) is 37.2 Å². The molecule has 0 aliphatic carbocycles. The van der Waals surface area contributed by atoms with Crippen LogP contribution in [-0.2, 0) is 4.74 Å². The Hall–Kier alpha value is -0.0800. The molecule has 0 N–H and O–H groups in total. The van der Waals surface area contributed by atoms with Crippen LogP contribution < -0.4 is 0 Å². The van der Waals surface area contributed by atoms with E-state index >= 15 is 0 Å². The van der Waals surface area contributed by atoms with Gasteiger partial charge < -0.3 is 4.74 Å². The SMILES string of the molecule is COCC12CCCCN1CCCC2. The molecule has 13 heavy (non-hydrogen) atoms. The number of fused-ring (bicyclic) bond motifs is 1. The van der Waals surface area contributed by atoms with E-state index in [0.29, 0.717) is 5.54 Å². The van der Waals surface area contributed by atoms with Crippen LogP contribution in [0, 0.1) is 0 Å². The third-order valence-corrected chi connectivity index (χ3v) is 3.72. The van der Waals surface area contributed by atoms with Gasteiger partial charge in [0.1, 0.15) is 0 Å². The van der Waals surface area contributed by atoms with Crippen LogP contribution >= 0.6 is 0 Å². The minimum atomic E-state index is 0.436. The predicted molar refractivity (Wildman–Crippen MR) is 53.9 cm³/mol. The van der Waals surface area contributed by atoms with Crippen molar-refractivity contribution >= 4 is 0 Å². The number of rotatable bonds is 2. The maximum absolute atomic E-state index is 5.40. The van der Waals surface area contributed by atoms with E-state index in [1.807, 2.05) is 7.11 Å². The molecule has 2 heteroatoms. The number of ether oxygens (including phenoxy) is 1. The molecule has 2 aliphatic heterocycles. The van der Waals surface area contributed by atoms with Crippen molar-refractivity contribution in [3.05, 3.63) is 0 Å². The van der Waals surface area contributed by atoms with Crippen molar-refractivity contribution in [1.82, 2.24) is 4.90 Å². The van der Waals surface area contributed by atoms with Crippen molar-refractivity contribution in [2.45, 2.75) is 44.1 Å². The molecule has 76 valence electrons. The summed E-state index contributed by atoms with van der Waals surface area (Å²) < 4.78 is 5.40. The molecule has 0 bridgehead atoms. The lowest BCUT2D eigenvalue weighted by Gasteiger charge is -2.50. The van der Waals surface area contributed by atoms with Gasteiger partial charge in [-0.3, -0.25) is 4.90 Å². The minimum Gasteiger partial charge on any atom is -0.383 e. The second-order valence-corrected chi connectivity index (χ2v) is 4.56. The molecule has 0 atom stereocenters. The third-order valence-electron chi connectivity index (χ3n) is 3.72. The molecule has 2 aliphatic rings. The molecule has 0 amide bonds. The molecule has 0 unspecified atom stereocenters. The van der Waals surface area contributed by atoms with Gasteiger partial charge in [0.05, 0.1) is 6.61 Å². The molecule has 0 radical (unpaired) electrons. The van der Waals surface area contributed by atoms with E-state index in [4.69, 9.17) is 4.74 Å². The Morgan fingerprint density at radius 2 is 1.69 bits per heavy atom. The first-order valence-corrected chi connectivity index (χ1v) is 5.61. The Labute approximate surface area is 81.3 Å². The van der Waals surface area contributed by atoms with Crippen LogP contribution in [0.4, 0.5) is 0 Å². The highest BCUT2D eigenvalue weighted by Gasteiger charge is 2.40. The molecular formula is C11H21NO. The van der Waals surface area contributed by atoms with Crippen LogP contribution in [0.15, 0.2) is 0 Å². The molecule has 2 heterocycles. The average molecular weight is 183 g/mol. The van der Waals surface area contributed by atoms with Gasteiger partial charge in [-0.1, -0.05) is 12.8 Å². The summed E-state index contributed by atoms with van der Waals surface area (Å²) in [6, 6.07) is 0. The summed E-state index contributed by atoms with van der Waals surface area (Å²) >= 11 is 0. The second-order valence-electron chi connectivity index (χ2n) is 4.56. The molecule has 2 nitrogen and oxygen atoms in total. The normalized spacial score (nSPS) is 28.4. The molecule has 2 rings (SSSR count). The summed E-state index contributed by atoms with van der Waals surface area (Å²) in [5.41, 5.74) is 0.436. The number of methoxy groups -OCH3 is 1. The van der Waals surface area contributed by atoms with Crippen molar-refractivity contribution in [3.63, 3.8) is 0 Å². The van der Waals surface area contributed by atoms with Crippen LogP contribution in [0.3, 0.4) is 0 Å². The second kappa shape index (κ2) is 3.97. The molecule has 0 aromatic carbocycles. The van der Waals surface area contributed by atoms with Crippen molar-refractivity contribution < 1.29 is 4.74 Å². The number of hydrogen-bond acceptors (Lipinski definition) is 2. The summed E-state index contributed by atoms with van der Waals surface area (Å²) in [6.45, 7) is 3.57.